The van der Waals surface area contributed by atoms with E-state index in [1.54, 1.807) is 14.2 Å². The Morgan fingerprint density at radius 2 is 2.02 bits per heavy atom. The molecule has 48 heavy (non-hydrogen) atoms. The highest BCUT2D eigenvalue weighted by molar-refractivity contribution is 7.16. The lowest BCUT2D eigenvalue weighted by Crippen LogP contribution is -2.41. The van der Waals surface area contributed by atoms with E-state index >= 15 is 0 Å². The second-order valence-electron chi connectivity index (χ2n) is 13.7. The van der Waals surface area contributed by atoms with Crippen LogP contribution in [0.25, 0.3) is 0 Å². The van der Waals surface area contributed by atoms with Crippen molar-refractivity contribution in [2.24, 2.45) is 11.7 Å². The van der Waals surface area contributed by atoms with E-state index in [0.717, 1.165) is 55.5 Å². The highest BCUT2D eigenvalue weighted by Gasteiger charge is 2.49. The van der Waals surface area contributed by atoms with Crippen LogP contribution in [0, 0.1) is 17.2 Å². The Labute approximate surface area is 284 Å². The number of allylic oxidation sites excluding steroid dienone is 2. The summed E-state index contributed by atoms with van der Waals surface area (Å²) in [6, 6.07) is 2.04. The lowest BCUT2D eigenvalue weighted by Gasteiger charge is -2.42. The number of methoxy groups -OCH3 is 1. The molecule has 13 nitrogen and oxygen atoms in total. The first-order chi connectivity index (χ1) is 23.1. The maximum absolute atomic E-state index is 14.6. The summed E-state index contributed by atoms with van der Waals surface area (Å²) < 4.78 is 19.3. The SMILES string of the molecule is CO[C@H]1C[C@@H]([C@H](C)Oc2nc(C(=O)C3=C(N)[C@@]4(CCC3)CCCc3sc(N)c(C#N)c34)nc3c2N(C)C(=O)/[N+]3=C\C2CCOC2)N(C)C1. The van der Waals surface area contributed by atoms with E-state index < -0.39 is 11.2 Å². The summed E-state index contributed by atoms with van der Waals surface area (Å²) in [5.41, 5.74) is 15.4. The number of aryl methyl sites for hydroxylation is 1. The summed E-state index contributed by atoms with van der Waals surface area (Å²) in [5, 5.41) is 10.6. The molecule has 3 aliphatic heterocycles. The Bertz CT molecular complexity index is 1770. The molecule has 2 aromatic heterocycles. The third kappa shape index (κ3) is 5.19. The molecule has 14 heteroatoms. The van der Waals surface area contributed by atoms with Gasteiger partial charge in [-0.2, -0.15) is 14.8 Å². The number of nitrogen functional groups attached to an aromatic ring is 1. The third-order valence-electron chi connectivity index (χ3n) is 10.9. The number of nitrogens with zero attached hydrogens (tertiary/aromatic N) is 6. The number of nitrogens with two attached hydrogens (primary N) is 2. The van der Waals surface area contributed by atoms with Crippen molar-refractivity contribution in [3.05, 3.63) is 33.1 Å². The monoisotopic (exact) mass is 675 g/mol. The molecular weight excluding hydrogens is 632 g/mol. The van der Waals surface area contributed by atoms with Gasteiger partial charge in [0.2, 0.25) is 11.5 Å². The van der Waals surface area contributed by atoms with Gasteiger partial charge in [0.25, 0.3) is 11.7 Å². The lowest BCUT2D eigenvalue weighted by molar-refractivity contribution is -0.324. The van der Waals surface area contributed by atoms with E-state index in [1.807, 2.05) is 20.2 Å². The third-order valence-corrected chi connectivity index (χ3v) is 12.0. The molecule has 2 saturated heterocycles. The van der Waals surface area contributed by atoms with Gasteiger partial charge in [0.1, 0.15) is 17.2 Å². The van der Waals surface area contributed by atoms with E-state index in [4.69, 9.17) is 35.6 Å². The second-order valence-corrected chi connectivity index (χ2v) is 14.8. The Hall–Kier alpha value is -3.90. The van der Waals surface area contributed by atoms with Crippen LogP contribution >= 0.6 is 11.3 Å². The van der Waals surface area contributed by atoms with E-state index in [-0.39, 0.29) is 41.9 Å². The van der Waals surface area contributed by atoms with Crippen molar-refractivity contribution < 1.29 is 28.4 Å². The number of urea groups is 1. The number of hydrogen-bond acceptors (Lipinski definition) is 12. The number of amides is 2. The zero-order valence-corrected chi connectivity index (χ0v) is 28.8. The van der Waals surface area contributed by atoms with Gasteiger partial charge in [-0.25, -0.2) is 9.69 Å². The molecule has 1 unspecified atom stereocenters. The number of aromatic nitrogens is 2. The number of ether oxygens (including phenoxy) is 3. The number of fused-ring (bicyclic) bond motifs is 3. The minimum atomic E-state index is -0.649. The summed E-state index contributed by atoms with van der Waals surface area (Å²) in [5.74, 6) is 0.0108. The molecule has 5 aliphatic rings. The zero-order chi connectivity index (χ0) is 33.9. The highest BCUT2D eigenvalue weighted by Crippen LogP contribution is 2.53. The number of carbonyl (C=O) groups excluding carboxylic acids is 2. The predicted octanol–water partition coefficient (Wildman–Crippen LogP) is 3.65. The van der Waals surface area contributed by atoms with Gasteiger partial charge in [0.05, 0.1) is 31.5 Å². The topological polar surface area (TPSA) is 173 Å². The number of ketones is 1. The summed E-state index contributed by atoms with van der Waals surface area (Å²) in [6.45, 7) is 3.85. The van der Waals surface area contributed by atoms with Gasteiger partial charge in [0, 0.05) is 53.8 Å². The quantitative estimate of drug-likeness (QED) is 0.324. The van der Waals surface area contributed by atoms with Crippen LogP contribution in [0.4, 0.5) is 21.3 Å². The van der Waals surface area contributed by atoms with Gasteiger partial charge >= 0.3 is 11.8 Å². The van der Waals surface area contributed by atoms with Crippen LogP contribution in [0.5, 0.6) is 5.88 Å². The van der Waals surface area contributed by atoms with Crippen molar-refractivity contribution in [2.75, 3.05) is 51.6 Å². The predicted molar refractivity (Wildman–Crippen MR) is 180 cm³/mol. The van der Waals surface area contributed by atoms with Crippen molar-refractivity contribution in [3.8, 4) is 11.9 Å². The lowest BCUT2D eigenvalue weighted by atomic mass is 9.62. The minimum absolute atomic E-state index is 0.0215. The summed E-state index contributed by atoms with van der Waals surface area (Å²) in [7, 11) is 5.40. The normalized spacial score (nSPS) is 28.6. The van der Waals surface area contributed by atoms with Crippen molar-refractivity contribution in [1.82, 2.24) is 14.9 Å². The van der Waals surface area contributed by atoms with Crippen LogP contribution in [-0.2, 0) is 21.3 Å². The van der Waals surface area contributed by atoms with Gasteiger partial charge in [-0.15, -0.1) is 11.3 Å². The number of nitriles is 1. The fourth-order valence-corrected chi connectivity index (χ4v) is 9.53. The molecule has 0 bridgehead atoms. The van der Waals surface area contributed by atoms with E-state index in [2.05, 4.69) is 11.0 Å². The number of thiophene rings is 1. The Balaban J connectivity index is 1.33. The van der Waals surface area contributed by atoms with Crippen molar-refractivity contribution in [2.45, 2.75) is 82.0 Å². The number of carbonyl (C=O) groups is 2. The largest absolute Gasteiger partial charge is 0.470 e. The van der Waals surface area contributed by atoms with Crippen molar-refractivity contribution in [3.63, 3.8) is 0 Å². The van der Waals surface area contributed by atoms with Gasteiger partial charge in [-0.1, -0.05) is 4.98 Å². The first-order valence-electron chi connectivity index (χ1n) is 16.7. The molecule has 5 heterocycles. The smallest absolute Gasteiger partial charge is 0.448 e. The first kappa shape index (κ1) is 32.6. The molecule has 2 aliphatic carbocycles. The van der Waals surface area contributed by atoms with Gasteiger partial charge < -0.3 is 25.7 Å². The molecule has 2 amide bonds. The van der Waals surface area contributed by atoms with E-state index in [9.17, 15) is 14.9 Å². The summed E-state index contributed by atoms with van der Waals surface area (Å²) >= 11 is 1.45. The molecule has 254 valence electrons. The average Bonchev–Trinajstić information content (AvgIpc) is 3.85. The van der Waals surface area contributed by atoms with Crippen molar-refractivity contribution in [1.29, 1.82) is 5.26 Å². The minimum Gasteiger partial charge on any atom is -0.470 e. The molecule has 7 rings (SSSR count). The molecule has 0 saturated carbocycles. The van der Waals surface area contributed by atoms with Gasteiger partial charge in [0.15, 0.2) is 0 Å². The number of likely N-dealkylation sites (N-methyl/N-ethyl adjacent to an activating group) is 1. The van der Waals surface area contributed by atoms with Gasteiger partial charge in [-0.05, 0) is 70.9 Å². The molecule has 1 spiro atoms. The standard InChI is InChI=1S/C34H42N8O5S/c1-18(23-13-20(45-4)16-40(23)2)47-32-26-31(42(33(44)41(26)3)15-19-9-12-46-17-19)38-30(39-32)27(43)21-7-5-10-34(28(21)36)11-6-8-24-25(34)22(14-35)29(37)48-24/h15,18-20,23H,5-13,16-17,37H2,1-4H3,(H-,36,43)/p+1/b42-15-/t18-,19?,20-,23-,34-/m0/s1. The number of Topliss-reactive ketones (excluding diaryl/α,β-unsaturated/α-hetero) is 1. The molecule has 0 radical (unpaired) electrons. The molecule has 2 aromatic rings. The maximum Gasteiger partial charge on any atom is 0.448 e. The summed E-state index contributed by atoms with van der Waals surface area (Å²) in [6.07, 6.45) is 7.47. The number of hydrogen-bond donors (Lipinski definition) is 2. The van der Waals surface area contributed by atoms with E-state index in [0.29, 0.717) is 59.4 Å². The second kappa shape index (κ2) is 12.5. The molecule has 5 atom stereocenters. The Morgan fingerprint density at radius 3 is 2.71 bits per heavy atom. The van der Waals surface area contributed by atoms with Crippen LogP contribution in [0.1, 0.15) is 78.5 Å². The molecule has 2 fully saturated rings. The van der Waals surface area contributed by atoms with Gasteiger partial charge in [-0.3, -0.25) is 9.69 Å². The summed E-state index contributed by atoms with van der Waals surface area (Å²) in [4.78, 5) is 42.5. The van der Waals surface area contributed by atoms with Crippen LogP contribution in [0.3, 0.4) is 0 Å². The number of anilines is 2. The van der Waals surface area contributed by atoms with Crippen LogP contribution in [0.15, 0.2) is 11.3 Å². The van der Waals surface area contributed by atoms with E-state index in [1.165, 1.54) is 20.8 Å². The van der Waals surface area contributed by atoms with Crippen LogP contribution < -0.4 is 21.1 Å². The number of likely N-dealkylation sites (tertiary alicyclic amines) is 1. The molecular formula is C34H43N8O5S+. The average molecular weight is 676 g/mol. The zero-order valence-electron chi connectivity index (χ0n) is 28.0. The fraction of sp³-hybridized carbons (Fsp3) is 0.588. The molecule has 4 N–H and O–H groups in total. The Morgan fingerprint density at radius 1 is 1.25 bits per heavy atom. The molecule has 0 aromatic carbocycles. The first-order valence-corrected chi connectivity index (χ1v) is 17.6. The Kier molecular flexibility index (Phi) is 8.52. The maximum atomic E-state index is 14.6. The highest BCUT2D eigenvalue weighted by atomic mass is 32.1. The van der Waals surface area contributed by atoms with Crippen LogP contribution in [0.2, 0.25) is 0 Å². The van der Waals surface area contributed by atoms with Crippen LogP contribution in [-0.4, -0.2) is 96.7 Å². The van der Waals surface area contributed by atoms with Crippen molar-refractivity contribution >= 4 is 45.9 Å². The fourth-order valence-electron chi connectivity index (χ4n) is 8.37. The number of rotatable bonds is 7.